The third-order valence-electron chi connectivity index (χ3n) is 5.10. The Labute approximate surface area is 163 Å². The zero-order valence-electron chi connectivity index (χ0n) is 16.9. The van der Waals surface area contributed by atoms with Gasteiger partial charge in [-0.3, -0.25) is 4.79 Å². The molecule has 27 heavy (non-hydrogen) atoms. The predicted octanol–water partition coefficient (Wildman–Crippen LogP) is 5.15. The molecule has 1 rings (SSSR count). The normalized spacial score (nSPS) is 17.1. The molecule has 4 heteroatoms. The third kappa shape index (κ3) is 8.53. The SMILES string of the molecule is CCCCCC(C)(C)C(O)C=CC1=C(CCC=CC=CC(=O)O)C(=O)CC1. The van der Waals surface area contributed by atoms with Crippen molar-refractivity contribution >= 4 is 11.8 Å². The minimum Gasteiger partial charge on any atom is -0.478 e. The molecule has 0 saturated carbocycles. The van der Waals surface area contributed by atoms with Crippen molar-refractivity contribution in [2.75, 3.05) is 0 Å². The van der Waals surface area contributed by atoms with E-state index < -0.39 is 12.1 Å². The van der Waals surface area contributed by atoms with Crippen LogP contribution in [0.3, 0.4) is 0 Å². The Hall–Kier alpha value is -1.94. The second-order valence-corrected chi connectivity index (χ2v) is 7.84. The maximum absolute atomic E-state index is 12.1. The van der Waals surface area contributed by atoms with Crippen LogP contribution in [0.25, 0.3) is 0 Å². The fourth-order valence-corrected chi connectivity index (χ4v) is 3.20. The number of carboxylic acids is 1. The van der Waals surface area contributed by atoms with Gasteiger partial charge in [0.1, 0.15) is 0 Å². The fourth-order valence-electron chi connectivity index (χ4n) is 3.20. The van der Waals surface area contributed by atoms with E-state index in [9.17, 15) is 14.7 Å². The number of carboxylic acid groups (broad SMARTS) is 1. The summed E-state index contributed by atoms with van der Waals surface area (Å²) in [7, 11) is 0. The van der Waals surface area contributed by atoms with Gasteiger partial charge >= 0.3 is 5.97 Å². The van der Waals surface area contributed by atoms with Crippen molar-refractivity contribution in [1.82, 2.24) is 0 Å². The van der Waals surface area contributed by atoms with Crippen LogP contribution in [0.1, 0.15) is 72.1 Å². The highest BCUT2D eigenvalue weighted by Crippen LogP contribution is 2.31. The van der Waals surface area contributed by atoms with E-state index in [0.29, 0.717) is 19.3 Å². The lowest BCUT2D eigenvalue weighted by Crippen LogP contribution is -2.27. The Morgan fingerprint density at radius 1 is 1.22 bits per heavy atom. The number of aliphatic carboxylic acids is 1. The summed E-state index contributed by atoms with van der Waals surface area (Å²) in [6.07, 6.45) is 16.4. The zero-order valence-corrected chi connectivity index (χ0v) is 16.9. The molecule has 1 unspecified atom stereocenters. The van der Waals surface area contributed by atoms with E-state index in [1.807, 2.05) is 18.2 Å². The van der Waals surface area contributed by atoms with Crippen LogP contribution in [0.4, 0.5) is 0 Å². The number of unbranched alkanes of at least 4 members (excludes halogenated alkanes) is 2. The molecule has 0 aromatic carbocycles. The second-order valence-electron chi connectivity index (χ2n) is 7.84. The Balaban J connectivity index is 2.67. The van der Waals surface area contributed by atoms with Crippen LogP contribution < -0.4 is 0 Å². The molecule has 0 amide bonds. The summed E-state index contributed by atoms with van der Waals surface area (Å²) in [5.74, 6) is -0.794. The molecule has 0 aromatic rings. The van der Waals surface area contributed by atoms with E-state index >= 15 is 0 Å². The first-order chi connectivity index (χ1) is 12.8. The number of carbonyl (C=O) groups is 2. The van der Waals surface area contributed by atoms with Gasteiger partial charge in [0.05, 0.1) is 6.10 Å². The van der Waals surface area contributed by atoms with E-state index in [-0.39, 0.29) is 11.2 Å². The topological polar surface area (TPSA) is 74.6 Å². The van der Waals surface area contributed by atoms with Gasteiger partial charge < -0.3 is 10.2 Å². The quantitative estimate of drug-likeness (QED) is 0.281. The Morgan fingerprint density at radius 3 is 2.63 bits per heavy atom. The molecule has 0 saturated heterocycles. The van der Waals surface area contributed by atoms with Crippen molar-refractivity contribution in [2.24, 2.45) is 5.41 Å². The van der Waals surface area contributed by atoms with Crippen LogP contribution in [0.5, 0.6) is 0 Å². The van der Waals surface area contributed by atoms with Crippen molar-refractivity contribution in [3.63, 3.8) is 0 Å². The van der Waals surface area contributed by atoms with E-state index in [1.54, 1.807) is 6.08 Å². The van der Waals surface area contributed by atoms with Gasteiger partial charge in [-0.15, -0.1) is 0 Å². The van der Waals surface area contributed by atoms with Crippen molar-refractivity contribution in [3.05, 3.63) is 47.6 Å². The molecule has 1 aliphatic carbocycles. The van der Waals surface area contributed by atoms with Crippen LogP contribution in [0, 0.1) is 5.41 Å². The molecule has 0 bridgehead atoms. The number of carbonyl (C=O) groups excluding carboxylic acids is 1. The van der Waals surface area contributed by atoms with E-state index in [4.69, 9.17) is 5.11 Å². The minimum absolute atomic E-state index is 0.172. The zero-order chi connectivity index (χ0) is 20.3. The van der Waals surface area contributed by atoms with Crippen molar-refractivity contribution in [3.8, 4) is 0 Å². The number of Topliss-reactive ketones (excluding diaryl/α,β-unsaturated/α-hetero) is 1. The fraction of sp³-hybridized carbons (Fsp3) is 0.565. The highest BCUT2D eigenvalue weighted by molar-refractivity contribution is 5.99. The third-order valence-corrected chi connectivity index (χ3v) is 5.10. The number of ketones is 1. The van der Waals surface area contributed by atoms with Gasteiger partial charge in [0.15, 0.2) is 5.78 Å². The van der Waals surface area contributed by atoms with E-state index in [1.165, 1.54) is 18.9 Å². The van der Waals surface area contributed by atoms with E-state index in [0.717, 1.165) is 36.5 Å². The first kappa shape index (κ1) is 23.1. The molecule has 0 spiro atoms. The lowest BCUT2D eigenvalue weighted by Gasteiger charge is -2.28. The largest absolute Gasteiger partial charge is 0.478 e. The first-order valence-electron chi connectivity index (χ1n) is 9.95. The summed E-state index contributed by atoms with van der Waals surface area (Å²) in [5.41, 5.74) is 1.70. The van der Waals surface area contributed by atoms with Crippen LogP contribution >= 0.6 is 0 Å². The summed E-state index contributed by atoms with van der Waals surface area (Å²) in [5, 5.41) is 19.1. The average Bonchev–Trinajstić information content (AvgIpc) is 2.95. The van der Waals surface area contributed by atoms with Crippen LogP contribution in [-0.4, -0.2) is 28.1 Å². The van der Waals surface area contributed by atoms with Crippen molar-refractivity contribution in [2.45, 2.75) is 78.2 Å². The molecule has 2 N–H and O–H groups in total. The molecular weight excluding hydrogens is 340 g/mol. The molecule has 0 radical (unpaired) electrons. The Kier molecular flexibility index (Phi) is 10.0. The standard InChI is InChI=1S/C23H34O4/c1-4-5-10-17-23(2,3)21(25)16-14-18-13-15-20(24)19(18)11-8-6-7-9-12-22(26)27/h6-7,9,12,14,16,21,25H,4-5,8,10-11,13,15,17H2,1-3H3,(H,26,27). The van der Waals surface area contributed by atoms with Crippen LogP contribution in [0.15, 0.2) is 47.6 Å². The number of rotatable bonds is 12. The highest BCUT2D eigenvalue weighted by atomic mass is 16.4. The van der Waals surface area contributed by atoms with Crippen molar-refractivity contribution in [1.29, 1.82) is 0 Å². The second kappa shape index (κ2) is 11.7. The lowest BCUT2D eigenvalue weighted by molar-refractivity contribution is -0.131. The monoisotopic (exact) mass is 374 g/mol. The van der Waals surface area contributed by atoms with E-state index in [2.05, 4.69) is 20.8 Å². The number of aliphatic hydroxyl groups excluding tert-OH is 1. The van der Waals surface area contributed by atoms with Gasteiger partial charge in [0.2, 0.25) is 0 Å². The summed E-state index contributed by atoms with van der Waals surface area (Å²) >= 11 is 0. The predicted molar refractivity (Wildman–Crippen MR) is 109 cm³/mol. The molecule has 1 atom stereocenters. The smallest absolute Gasteiger partial charge is 0.328 e. The number of hydrogen-bond acceptors (Lipinski definition) is 3. The Morgan fingerprint density at radius 2 is 1.96 bits per heavy atom. The Bertz CT molecular complexity index is 620. The van der Waals surface area contributed by atoms with Crippen LogP contribution in [-0.2, 0) is 9.59 Å². The maximum Gasteiger partial charge on any atom is 0.328 e. The summed E-state index contributed by atoms with van der Waals surface area (Å²) in [6.45, 7) is 6.34. The lowest BCUT2D eigenvalue weighted by atomic mass is 9.81. The molecule has 1 aliphatic rings. The van der Waals surface area contributed by atoms with Gasteiger partial charge in [-0.25, -0.2) is 4.79 Å². The molecule has 150 valence electrons. The number of allylic oxidation sites excluding steroid dienone is 6. The average molecular weight is 375 g/mol. The van der Waals surface area contributed by atoms with Crippen molar-refractivity contribution < 1.29 is 19.8 Å². The number of aliphatic hydroxyl groups is 1. The summed E-state index contributed by atoms with van der Waals surface area (Å²) in [6, 6.07) is 0. The molecular formula is C23H34O4. The minimum atomic E-state index is -0.975. The van der Waals surface area contributed by atoms with Gasteiger partial charge in [-0.05, 0) is 42.2 Å². The molecule has 4 nitrogen and oxygen atoms in total. The number of hydrogen-bond donors (Lipinski definition) is 2. The van der Waals surface area contributed by atoms with Gasteiger partial charge in [0.25, 0.3) is 0 Å². The summed E-state index contributed by atoms with van der Waals surface area (Å²) < 4.78 is 0. The van der Waals surface area contributed by atoms with Gasteiger partial charge in [-0.2, -0.15) is 0 Å². The molecule has 0 aromatic heterocycles. The summed E-state index contributed by atoms with van der Waals surface area (Å²) in [4.78, 5) is 22.5. The first-order valence-corrected chi connectivity index (χ1v) is 9.95. The highest BCUT2D eigenvalue weighted by Gasteiger charge is 2.26. The van der Waals surface area contributed by atoms with Crippen LogP contribution in [0.2, 0.25) is 0 Å². The molecule has 0 heterocycles. The molecule has 0 fully saturated rings. The maximum atomic E-state index is 12.1. The van der Waals surface area contributed by atoms with Gasteiger partial charge in [-0.1, -0.05) is 70.4 Å². The molecule has 0 aliphatic heterocycles. The van der Waals surface area contributed by atoms with Gasteiger partial charge in [0, 0.05) is 12.5 Å².